The number of nitrogens with zero attached hydrogens (tertiary/aromatic N) is 1. The first-order valence-electron chi connectivity index (χ1n) is 7.45. The molecular weight excluding hydrogens is 366 g/mol. The van der Waals surface area contributed by atoms with E-state index in [1.54, 1.807) is 0 Å². The van der Waals surface area contributed by atoms with E-state index in [0.29, 0.717) is 0 Å². The third kappa shape index (κ3) is 2.91. The van der Waals surface area contributed by atoms with Crippen LogP contribution in [0, 0.1) is 6.92 Å². The predicted octanol–water partition coefficient (Wildman–Crippen LogP) is 6.43. The average molecular weight is 381 g/mol. The van der Waals surface area contributed by atoms with Crippen LogP contribution in [0.1, 0.15) is 11.1 Å². The first-order chi connectivity index (χ1) is 11.2. The van der Waals surface area contributed by atoms with Crippen LogP contribution in [0.15, 0.2) is 81.0 Å². The Morgan fingerprint density at radius 3 is 2.09 bits per heavy atom. The SMILES string of the molecule is [CH2]c1cc(Br)cc(CN2c3ccccc3Sc3ccccc32)c1. The quantitative estimate of drug-likeness (QED) is 0.503. The van der Waals surface area contributed by atoms with E-state index < -0.39 is 0 Å². The molecule has 0 aromatic heterocycles. The first-order valence-corrected chi connectivity index (χ1v) is 9.06. The lowest BCUT2D eigenvalue weighted by Gasteiger charge is -2.33. The number of fused-ring (bicyclic) bond motifs is 2. The molecule has 1 heterocycles. The molecule has 3 aromatic rings. The molecule has 1 radical (unpaired) electrons. The van der Waals surface area contributed by atoms with Crippen molar-refractivity contribution < 1.29 is 0 Å². The molecule has 0 aliphatic carbocycles. The van der Waals surface area contributed by atoms with Crippen molar-refractivity contribution in [3.05, 3.63) is 89.3 Å². The summed E-state index contributed by atoms with van der Waals surface area (Å²) in [6.07, 6.45) is 0. The molecule has 0 fully saturated rings. The van der Waals surface area contributed by atoms with Crippen LogP contribution in [0.3, 0.4) is 0 Å². The van der Waals surface area contributed by atoms with Crippen molar-refractivity contribution in [2.24, 2.45) is 0 Å². The van der Waals surface area contributed by atoms with Gasteiger partial charge in [-0.15, -0.1) is 0 Å². The zero-order valence-electron chi connectivity index (χ0n) is 12.5. The molecule has 0 saturated heterocycles. The average Bonchev–Trinajstić information content (AvgIpc) is 2.54. The van der Waals surface area contributed by atoms with E-state index in [0.717, 1.165) is 16.6 Å². The molecule has 0 atom stereocenters. The summed E-state index contributed by atoms with van der Waals surface area (Å²) < 4.78 is 1.08. The number of para-hydroxylation sites is 2. The zero-order valence-corrected chi connectivity index (χ0v) is 14.9. The third-order valence-corrected chi connectivity index (χ3v) is 5.48. The number of rotatable bonds is 2. The topological polar surface area (TPSA) is 3.24 Å². The van der Waals surface area contributed by atoms with Crippen LogP contribution in [0.2, 0.25) is 0 Å². The maximum atomic E-state index is 4.07. The van der Waals surface area contributed by atoms with Crippen LogP contribution in [0.4, 0.5) is 11.4 Å². The van der Waals surface area contributed by atoms with Crippen molar-refractivity contribution in [2.75, 3.05) is 4.90 Å². The summed E-state index contributed by atoms with van der Waals surface area (Å²) in [5.74, 6) is 0. The molecule has 3 heteroatoms. The predicted molar refractivity (Wildman–Crippen MR) is 101 cm³/mol. The van der Waals surface area contributed by atoms with Gasteiger partial charge in [-0.25, -0.2) is 0 Å². The van der Waals surface area contributed by atoms with Gasteiger partial charge in [-0.2, -0.15) is 0 Å². The van der Waals surface area contributed by atoms with Crippen LogP contribution in [0.5, 0.6) is 0 Å². The van der Waals surface area contributed by atoms with E-state index in [9.17, 15) is 0 Å². The number of hydrogen-bond donors (Lipinski definition) is 0. The van der Waals surface area contributed by atoms with Crippen LogP contribution in [-0.4, -0.2) is 0 Å². The second-order valence-electron chi connectivity index (χ2n) is 5.59. The maximum Gasteiger partial charge on any atom is 0.0556 e. The minimum atomic E-state index is 0.830. The van der Waals surface area contributed by atoms with E-state index in [2.05, 4.69) is 88.4 Å². The van der Waals surface area contributed by atoms with Gasteiger partial charge in [0.05, 0.1) is 11.4 Å². The highest BCUT2D eigenvalue weighted by Gasteiger charge is 2.22. The summed E-state index contributed by atoms with van der Waals surface area (Å²) in [6, 6.07) is 23.5. The smallest absolute Gasteiger partial charge is 0.0556 e. The molecule has 0 amide bonds. The van der Waals surface area contributed by atoms with Gasteiger partial charge in [-0.3, -0.25) is 0 Å². The standard InChI is InChI=1S/C20H15BrNS/c1-14-10-15(12-16(21)11-14)13-22-17-6-2-4-8-19(17)23-20-9-5-3-7-18(20)22/h2-12H,1,13H2. The number of benzene rings is 3. The van der Waals surface area contributed by atoms with Gasteiger partial charge in [-0.1, -0.05) is 58.0 Å². The molecule has 0 N–H and O–H groups in total. The monoisotopic (exact) mass is 380 g/mol. The van der Waals surface area contributed by atoms with E-state index in [1.165, 1.54) is 26.7 Å². The molecule has 0 unspecified atom stereocenters. The summed E-state index contributed by atoms with van der Waals surface area (Å²) in [6.45, 7) is 4.90. The number of hydrogen-bond acceptors (Lipinski definition) is 2. The van der Waals surface area contributed by atoms with Gasteiger partial charge in [0.15, 0.2) is 0 Å². The third-order valence-electron chi connectivity index (χ3n) is 3.89. The van der Waals surface area contributed by atoms with Gasteiger partial charge < -0.3 is 4.90 Å². The zero-order chi connectivity index (χ0) is 15.8. The van der Waals surface area contributed by atoms with Crippen LogP contribution < -0.4 is 4.90 Å². The molecule has 0 bridgehead atoms. The summed E-state index contributed by atoms with van der Waals surface area (Å²) in [7, 11) is 0. The second kappa shape index (κ2) is 6.06. The minimum absolute atomic E-state index is 0.830. The molecule has 4 rings (SSSR count). The summed E-state index contributed by atoms with van der Waals surface area (Å²) in [5.41, 5.74) is 4.81. The lowest BCUT2D eigenvalue weighted by Crippen LogP contribution is -2.20. The van der Waals surface area contributed by atoms with E-state index in [1.807, 2.05) is 17.8 Å². The fraction of sp³-hybridized carbons (Fsp3) is 0.0500. The molecule has 3 aromatic carbocycles. The lowest BCUT2D eigenvalue weighted by atomic mass is 10.1. The summed E-state index contributed by atoms with van der Waals surface area (Å²) in [5, 5.41) is 0. The second-order valence-corrected chi connectivity index (χ2v) is 7.59. The molecule has 23 heavy (non-hydrogen) atoms. The van der Waals surface area contributed by atoms with Gasteiger partial charge >= 0.3 is 0 Å². The van der Waals surface area contributed by atoms with E-state index in [4.69, 9.17) is 0 Å². The Balaban J connectivity index is 1.81. The highest BCUT2D eigenvalue weighted by Crippen LogP contribution is 2.48. The van der Waals surface area contributed by atoms with Crippen LogP contribution >= 0.6 is 27.7 Å². The highest BCUT2D eigenvalue weighted by molar-refractivity contribution is 9.10. The fourth-order valence-electron chi connectivity index (χ4n) is 2.94. The Bertz CT molecular complexity index is 809. The van der Waals surface area contributed by atoms with Crippen molar-refractivity contribution in [2.45, 2.75) is 16.3 Å². The Kier molecular flexibility index (Phi) is 3.92. The van der Waals surface area contributed by atoms with E-state index >= 15 is 0 Å². The maximum absolute atomic E-state index is 4.07. The van der Waals surface area contributed by atoms with Gasteiger partial charge in [0.1, 0.15) is 0 Å². The Hall–Kier alpha value is -1.71. The van der Waals surface area contributed by atoms with E-state index in [-0.39, 0.29) is 0 Å². The molecule has 1 nitrogen and oxygen atoms in total. The van der Waals surface area contributed by atoms with Gasteiger partial charge in [0.2, 0.25) is 0 Å². The molecular formula is C20H15BrNS. The molecule has 1 aliphatic heterocycles. The van der Waals surface area contributed by atoms with Gasteiger partial charge in [0.25, 0.3) is 0 Å². The van der Waals surface area contributed by atoms with Crippen molar-refractivity contribution in [3.8, 4) is 0 Å². The Labute approximate surface area is 149 Å². The number of halogens is 1. The molecule has 113 valence electrons. The Morgan fingerprint density at radius 2 is 1.48 bits per heavy atom. The van der Waals surface area contributed by atoms with Crippen LogP contribution in [-0.2, 0) is 6.54 Å². The van der Waals surface area contributed by atoms with Crippen molar-refractivity contribution in [3.63, 3.8) is 0 Å². The van der Waals surface area contributed by atoms with Crippen molar-refractivity contribution >= 4 is 39.1 Å². The normalized spacial score (nSPS) is 12.7. The van der Waals surface area contributed by atoms with Crippen molar-refractivity contribution in [1.29, 1.82) is 0 Å². The molecule has 0 saturated carbocycles. The lowest BCUT2D eigenvalue weighted by molar-refractivity contribution is 0.936. The Morgan fingerprint density at radius 1 is 0.870 bits per heavy atom. The summed E-state index contributed by atoms with van der Waals surface area (Å²) in [4.78, 5) is 5.00. The largest absolute Gasteiger partial charge is 0.335 e. The fourth-order valence-corrected chi connectivity index (χ4v) is 4.63. The van der Waals surface area contributed by atoms with Crippen molar-refractivity contribution in [1.82, 2.24) is 0 Å². The molecule has 0 spiro atoms. The number of anilines is 2. The molecule has 1 aliphatic rings. The van der Waals surface area contributed by atoms with Gasteiger partial charge in [-0.05, 0) is 54.4 Å². The van der Waals surface area contributed by atoms with Crippen LogP contribution in [0.25, 0.3) is 0 Å². The summed E-state index contributed by atoms with van der Waals surface area (Å²) >= 11 is 5.42. The highest BCUT2D eigenvalue weighted by atomic mass is 79.9. The van der Waals surface area contributed by atoms with Gasteiger partial charge in [0, 0.05) is 20.8 Å². The minimum Gasteiger partial charge on any atom is -0.335 e. The first kappa shape index (κ1) is 14.9.